The monoisotopic (exact) mass is 301 g/mol. The van der Waals surface area contributed by atoms with Gasteiger partial charge in [0.2, 0.25) is 0 Å². The molecule has 1 amide bonds. The summed E-state index contributed by atoms with van der Waals surface area (Å²) in [6.45, 7) is 5.89. The van der Waals surface area contributed by atoms with Gasteiger partial charge in [0, 0.05) is 11.6 Å². The van der Waals surface area contributed by atoms with Gasteiger partial charge in [0.05, 0.1) is 0 Å². The number of ether oxygens (including phenoxy) is 1. The van der Waals surface area contributed by atoms with Gasteiger partial charge in [0.25, 0.3) is 0 Å². The zero-order valence-corrected chi connectivity index (χ0v) is 12.2. The molecule has 116 valence electrons. The molecule has 0 bridgehead atoms. The maximum absolute atomic E-state index is 13.8. The van der Waals surface area contributed by atoms with Gasteiger partial charge < -0.3 is 15.2 Å². The number of rotatable bonds is 3. The van der Waals surface area contributed by atoms with Gasteiger partial charge >= 0.3 is 12.1 Å². The molecule has 0 radical (unpaired) electrons. The maximum atomic E-state index is 13.8. The highest BCUT2D eigenvalue weighted by atomic mass is 19.1. The number of carbonyl (C=O) groups excluding carboxylic acids is 1. The Labute approximate surface area is 120 Å². The molecule has 0 aliphatic rings. The molecule has 2 N–H and O–H groups in total. The van der Waals surface area contributed by atoms with Gasteiger partial charge in [-0.25, -0.2) is 18.4 Å². The molecular weight excluding hydrogens is 284 g/mol. The van der Waals surface area contributed by atoms with Gasteiger partial charge in [-0.2, -0.15) is 0 Å². The molecule has 0 fully saturated rings. The van der Waals surface area contributed by atoms with Gasteiger partial charge in [0.1, 0.15) is 17.2 Å². The van der Waals surface area contributed by atoms with Crippen LogP contribution >= 0.6 is 0 Å². The molecule has 1 unspecified atom stereocenters. The number of halogens is 2. The first kappa shape index (κ1) is 16.9. The highest BCUT2D eigenvalue weighted by Crippen LogP contribution is 2.25. The first-order valence-electron chi connectivity index (χ1n) is 6.16. The summed E-state index contributed by atoms with van der Waals surface area (Å²) in [6.07, 6.45) is -1.02. The number of carboxylic acid groups (broad SMARTS) is 1. The molecule has 0 aliphatic heterocycles. The van der Waals surface area contributed by atoms with E-state index in [4.69, 9.17) is 4.74 Å². The van der Waals surface area contributed by atoms with Crippen LogP contribution < -0.4 is 5.32 Å². The second-order valence-electron chi connectivity index (χ2n) is 5.68. The fraction of sp³-hybridized carbons (Fsp3) is 0.429. The normalized spacial score (nSPS) is 14.2. The summed E-state index contributed by atoms with van der Waals surface area (Å²) in [7, 11) is 0. The van der Waals surface area contributed by atoms with Crippen LogP contribution in [0.2, 0.25) is 0 Å². The lowest BCUT2D eigenvalue weighted by molar-refractivity contribution is -0.144. The zero-order chi connectivity index (χ0) is 16.4. The first-order valence-corrected chi connectivity index (χ1v) is 6.16. The largest absolute Gasteiger partial charge is 0.479 e. The van der Waals surface area contributed by atoms with Gasteiger partial charge in [-0.15, -0.1) is 0 Å². The van der Waals surface area contributed by atoms with Crippen LogP contribution in [-0.2, 0) is 15.1 Å². The van der Waals surface area contributed by atoms with Gasteiger partial charge in [-0.3, -0.25) is 0 Å². The van der Waals surface area contributed by atoms with E-state index in [-0.39, 0.29) is 5.56 Å². The predicted octanol–water partition coefficient (Wildman–Crippen LogP) is 2.79. The molecule has 1 aromatic rings. The van der Waals surface area contributed by atoms with Crippen molar-refractivity contribution in [2.75, 3.05) is 0 Å². The molecule has 5 nitrogen and oxygen atoms in total. The van der Waals surface area contributed by atoms with Crippen molar-refractivity contribution >= 4 is 12.1 Å². The maximum Gasteiger partial charge on any atom is 0.408 e. The van der Waals surface area contributed by atoms with E-state index in [0.717, 1.165) is 19.1 Å². The number of carbonyl (C=O) groups is 2. The Kier molecular flexibility index (Phi) is 4.56. The standard InChI is InChI=1S/C14H17F2NO4/c1-13(2,3)21-12(20)17-14(4,11(18)19)9-6-5-8(15)7-10(9)16/h5-7H,1-4H3,(H,17,20)(H,18,19). The lowest BCUT2D eigenvalue weighted by Crippen LogP contribution is -2.51. The molecule has 21 heavy (non-hydrogen) atoms. The number of aliphatic carboxylic acids is 1. The van der Waals surface area contributed by atoms with E-state index in [9.17, 15) is 23.5 Å². The van der Waals surface area contributed by atoms with Crippen molar-refractivity contribution in [3.05, 3.63) is 35.4 Å². The Balaban J connectivity index is 3.15. The number of benzene rings is 1. The van der Waals surface area contributed by atoms with Crippen LogP contribution in [0.1, 0.15) is 33.3 Å². The first-order chi connectivity index (χ1) is 9.45. The van der Waals surface area contributed by atoms with E-state index in [1.165, 1.54) is 0 Å². The topological polar surface area (TPSA) is 75.6 Å². The molecule has 0 aromatic heterocycles. The number of alkyl carbamates (subject to hydrolysis) is 1. The van der Waals surface area contributed by atoms with E-state index in [1.807, 2.05) is 0 Å². The van der Waals surface area contributed by atoms with Crippen molar-refractivity contribution in [3.8, 4) is 0 Å². The van der Waals surface area contributed by atoms with Crippen LogP contribution in [0.3, 0.4) is 0 Å². The number of hydrogen-bond acceptors (Lipinski definition) is 3. The fourth-order valence-electron chi connectivity index (χ4n) is 1.64. The molecule has 7 heteroatoms. The molecule has 0 spiro atoms. The highest BCUT2D eigenvalue weighted by molar-refractivity contribution is 5.85. The molecular formula is C14H17F2NO4. The summed E-state index contributed by atoms with van der Waals surface area (Å²) in [5, 5.41) is 11.4. The minimum Gasteiger partial charge on any atom is -0.479 e. The summed E-state index contributed by atoms with van der Waals surface area (Å²) >= 11 is 0. The minimum absolute atomic E-state index is 0.373. The van der Waals surface area contributed by atoms with E-state index in [1.54, 1.807) is 20.8 Å². The van der Waals surface area contributed by atoms with Crippen LogP contribution in [-0.4, -0.2) is 22.8 Å². The fourth-order valence-corrected chi connectivity index (χ4v) is 1.64. The zero-order valence-electron chi connectivity index (χ0n) is 12.2. The number of amides is 1. The van der Waals surface area contributed by atoms with Crippen molar-refractivity contribution in [2.45, 2.75) is 38.8 Å². The highest BCUT2D eigenvalue weighted by Gasteiger charge is 2.40. The Hall–Kier alpha value is -2.18. The van der Waals surface area contributed by atoms with E-state index in [2.05, 4.69) is 5.32 Å². The van der Waals surface area contributed by atoms with Crippen molar-refractivity contribution in [1.29, 1.82) is 0 Å². The van der Waals surface area contributed by atoms with Crippen LogP contribution in [0.5, 0.6) is 0 Å². The van der Waals surface area contributed by atoms with Gasteiger partial charge in [-0.05, 0) is 33.8 Å². The van der Waals surface area contributed by atoms with Crippen LogP contribution in [0.4, 0.5) is 13.6 Å². The molecule has 1 atom stereocenters. The second kappa shape index (κ2) is 5.67. The Morgan fingerprint density at radius 2 is 1.76 bits per heavy atom. The average molecular weight is 301 g/mol. The lowest BCUT2D eigenvalue weighted by atomic mass is 9.91. The van der Waals surface area contributed by atoms with Crippen LogP contribution in [0, 0.1) is 11.6 Å². The number of hydrogen-bond donors (Lipinski definition) is 2. The molecule has 0 aliphatic carbocycles. The smallest absolute Gasteiger partial charge is 0.408 e. The van der Waals surface area contributed by atoms with E-state index < -0.39 is 34.8 Å². The minimum atomic E-state index is -2.08. The summed E-state index contributed by atoms with van der Waals surface area (Å²) in [4.78, 5) is 23.2. The third-order valence-corrected chi connectivity index (χ3v) is 2.65. The Morgan fingerprint density at radius 3 is 2.19 bits per heavy atom. The summed E-state index contributed by atoms with van der Waals surface area (Å²) in [5.74, 6) is -3.42. The average Bonchev–Trinajstić information content (AvgIpc) is 2.24. The molecule has 1 rings (SSSR count). The lowest BCUT2D eigenvalue weighted by Gasteiger charge is -2.29. The van der Waals surface area contributed by atoms with Gasteiger partial charge in [-0.1, -0.05) is 6.07 Å². The van der Waals surface area contributed by atoms with E-state index >= 15 is 0 Å². The Bertz CT molecular complexity index is 569. The molecule has 0 heterocycles. The van der Waals surface area contributed by atoms with Crippen molar-refractivity contribution in [2.24, 2.45) is 0 Å². The quantitative estimate of drug-likeness (QED) is 0.900. The van der Waals surface area contributed by atoms with Crippen molar-refractivity contribution in [3.63, 3.8) is 0 Å². The van der Waals surface area contributed by atoms with Gasteiger partial charge in [0.15, 0.2) is 5.54 Å². The third kappa shape index (κ3) is 4.14. The van der Waals surface area contributed by atoms with Crippen LogP contribution in [0.15, 0.2) is 18.2 Å². The number of carboxylic acids is 1. The second-order valence-corrected chi connectivity index (χ2v) is 5.68. The van der Waals surface area contributed by atoms with Crippen LogP contribution in [0.25, 0.3) is 0 Å². The SMILES string of the molecule is CC(C)(C)OC(=O)NC(C)(C(=O)O)c1ccc(F)cc1F. The summed E-state index contributed by atoms with van der Waals surface area (Å²) in [5.41, 5.74) is -3.30. The van der Waals surface area contributed by atoms with E-state index in [0.29, 0.717) is 6.07 Å². The number of nitrogens with one attached hydrogen (secondary N) is 1. The van der Waals surface area contributed by atoms with Crippen molar-refractivity contribution < 1.29 is 28.2 Å². The third-order valence-electron chi connectivity index (χ3n) is 2.65. The van der Waals surface area contributed by atoms with Crippen molar-refractivity contribution in [1.82, 2.24) is 5.32 Å². The molecule has 0 saturated carbocycles. The molecule has 1 aromatic carbocycles. The predicted molar refractivity (Wildman–Crippen MR) is 70.7 cm³/mol. The Morgan fingerprint density at radius 1 is 1.19 bits per heavy atom. The summed E-state index contributed by atoms with van der Waals surface area (Å²) < 4.78 is 31.7. The molecule has 0 saturated heterocycles. The summed E-state index contributed by atoms with van der Waals surface area (Å²) in [6, 6.07) is 2.43.